The summed E-state index contributed by atoms with van der Waals surface area (Å²) in [7, 11) is 0. The van der Waals surface area contributed by atoms with Crippen molar-refractivity contribution in [1.29, 1.82) is 0 Å². The lowest BCUT2D eigenvalue weighted by Gasteiger charge is -1.80. The minimum atomic E-state index is 0.724. The quantitative estimate of drug-likeness (QED) is 0.406. The fourth-order valence-electron chi connectivity index (χ4n) is 0.0851. The molecule has 0 spiro atoms. The van der Waals surface area contributed by atoms with Gasteiger partial charge in [-0.15, -0.1) is 0 Å². The van der Waals surface area contributed by atoms with Gasteiger partial charge in [-0.1, -0.05) is 15.6 Å². The van der Waals surface area contributed by atoms with E-state index in [0.29, 0.717) is 0 Å². The molecule has 0 heterocycles. The summed E-state index contributed by atoms with van der Waals surface area (Å²) >= 11 is 0.920. The summed E-state index contributed by atoms with van der Waals surface area (Å²) in [5.41, 5.74) is 0. The number of rotatable bonds is 2. The van der Waals surface area contributed by atoms with Gasteiger partial charge in [-0.3, -0.25) is 0 Å². The predicted molar refractivity (Wildman–Crippen MR) is 28.4 cm³/mol. The third-order valence-electron chi connectivity index (χ3n) is 0.228. The molecule has 0 bridgehead atoms. The van der Waals surface area contributed by atoms with E-state index in [9.17, 15) is 4.48 Å². The minimum Gasteiger partial charge on any atom is -0.0878 e. The number of nitrogens with zero attached hydrogens (tertiary/aromatic N) is 2. The number of halogens is 1. The van der Waals surface area contributed by atoms with Crippen molar-refractivity contribution >= 4 is 11.9 Å². The maximum Gasteiger partial charge on any atom is 0.0314 e. The van der Waals surface area contributed by atoms with Crippen molar-refractivity contribution in [3.8, 4) is 0 Å². The van der Waals surface area contributed by atoms with E-state index < -0.39 is 0 Å². The van der Waals surface area contributed by atoms with Crippen molar-refractivity contribution in [2.75, 3.05) is 0 Å². The Morgan fingerprint density at radius 3 is 2.57 bits per heavy atom. The van der Waals surface area contributed by atoms with Crippen LogP contribution in [0.1, 0.15) is 6.92 Å². The van der Waals surface area contributed by atoms with Gasteiger partial charge >= 0.3 is 0 Å². The molecule has 2 nitrogen and oxygen atoms in total. The van der Waals surface area contributed by atoms with Crippen molar-refractivity contribution in [3.63, 3.8) is 0 Å². The van der Waals surface area contributed by atoms with Gasteiger partial charge in [0, 0.05) is 17.3 Å². The molecule has 0 saturated carbocycles. The highest BCUT2D eigenvalue weighted by Gasteiger charge is 1.78. The zero-order valence-electron chi connectivity index (χ0n) is 3.89. The van der Waals surface area contributed by atoms with E-state index in [1.165, 1.54) is 0 Å². The average molecular weight is 120 g/mol. The van der Waals surface area contributed by atoms with Crippen molar-refractivity contribution in [1.82, 2.24) is 0 Å². The second kappa shape index (κ2) is 3.80. The Bertz CT molecular complexity index is 90.9. The largest absolute Gasteiger partial charge is 0.0878 e. The molecule has 0 aromatic heterocycles. The molecule has 7 heavy (non-hydrogen) atoms. The lowest BCUT2D eigenvalue weighted by Crippen LogP contribution is -1.50. The lowest BCUT2D eigenvalue weighted by molar-refractivity contribution is 0.501. The maximum absolute atomic E-state index is 10.7. The van der Waals surface area contributed by atoms with E-state index >= 15 is 0 Å². The molecule has 0 N–H and O–H groups in total. The van der Waals surface area contributed by atoms with E-state index in [1.54, 1.807) is 6.92 Å². The van der Waals surface area contributed by atoms with Crippen LogP contribution in [0.15, 0.2) is 21.3 Å². The van der Waals surface area contributed by atoms with Crippen LogP contribution in [0.3, 0.4) is 0 Å². The summed E-state index contributed by atoms with van der Waals surface area (Å²) in [6, 6.07) is 0. The van der Waals surface area contributed by atoms with Crippen LogP contribution in [-0.2, 0) is 0 Å². The summed E-state index contributed by atoms with van der Waals surface area (Å²) in [4.78, 5) is 0.724. The summed E-state index contributed by atoms with van der Waals surface area (Å²) in [5.74, 6) is 0. The van der Waals surface area contributed by atoms with Crippen LogP contribution >= 0.6 is 11.9 Å². The van der Waals surface area contributed by atoms with Crippen LogP contribution in [0, 0.1) is 0 Å². The second-order valence-corrected chi connectivity index (χ2v) is 1.99. The van der Waals surface area contributed by atoms with Crippen LogP contribution in [0.4, 0.5) is 4.48 Å². The predicted octanol–water partition coefficient (Wildman–Crippen LogP) is 2.50. The second-order valence-electron chi connectivity index (χ2n) is 0.951. The first-order valence-corrected chi connectivity index (χ1v) is 2.38. The first-order chi connectivity index (χ1) is 3.27. The highest BCUT2D eigenvalue weighted by atomic mass is 32.2. The van der Waals surface area contributed by atoms with Crippen LogP contribution in [0.25, 0.3) is 0 Å². The Kier molecular flexibility index (Phi) is 3.59. The first-order valence-electron chi connectivity index (χ1n) is 1.61. The number of hydrogen-bond acceptors (Lipinski definition) is 3. The Morgan fingerprint density at radius 2 is 2.43 bits per heavy atom. The molecule has 0 unspecified atom stereocenters. The minimum absolute atomic E-state index is 0.724. The summed E-state index contributed by atoms with van der Waals surface area (Å²) in [5, 5.41) is 2.00. The number of allylic oxidation sites excluding steroid dienone is 1. The van der Waals surface area contributed by atoms with Crippen LogP contribution in [-0.4, -0.2) is 0 Å². The van der Waals surface area contributed by atoms with Crippen molar-refractivity contribution in [3.05, 3.63) is 11.5 Å². The molecule has 0 aliphatic heterocycles. The molecule has 0 saturated heterocycles. The highest BCUT2D eigenvalue weighted by molar-refractivity contribution is 8.01. The van der Waals surface area contributed by atoms with Gasteiger partial charge in [0.2, 0.25) is 0 Å². The van der Waals surface area contributed by atoms with E-state index in [4.69, 9.17) is 0 Å². The van der Waals surface area contributed by atoms with Gasteiger partial charge in [0.15, 0.2) is 0 Å². The lowest BCUT2D eigenvalue weighted by atomic mass is 10.8. The van der Waals surface area contributed by atoms with Crippen LogP contribution in [0.2, 0.25) is 0 Å². The van der Waals surface area contributed by atoms with Crippen molar-refractivity contribution in [2.45, 2.75) is 6.92 Å². The van der Waals surface area contributed by atoms with Crippen LogP contribution in [0.5, 0.6) is 0 Å². The molecule has 0 aromatic carbocycles. The molecule has 0 radical (unpaired) electrons. The Hall–Kier alpha value is -0.380. The molecule has 0 fully saturated rings. The maximum atomic E-state index is 10.7. The molecule has 0 rings (SSSR count). The zero-order valence-corrected chi connectivity index (χ0v) is 4.70. The van der Waals surface area contributed by atoms with Gasteiger partial charge in [0.05, 0.1) is 0 Å². The third-order valence-corrected chi connectivity index (χ3v) is 0.683. The summed E-state index contributed by atoms with van der Waals surface area (Å²) < 4.78 is 13.7. The Morgan fingerprint density at radius 1 is 1.86 bits per heavy atom. The molecule has 0 aliphatic carbocycles. The molecule has 0 aliphatic rings. The number of hydrogen-bond donors (Lipinski definition) is 0. The SMILES string of the molecule is C=C(C)SN=NF. The first kappa shape index (κ1) is 6.62. The molecule has 0 atom stereocenters. The van der Waals surface area contributed by atoms with Gasteiger partial charge < -0.3 is 0 Å². The van der Waals surface area contributed by atoms with E-state index in [2.05, 4.69) is 11.1 Å². The Labute approximate surface area is 45.6 Å². The Balaban J connectivity index is 3.14. The fraction of sp³-hybridized carbons (Fsp3) is 0.333. The van der Waals surface area contributed by atoms with E-state index in [-0.39, 0.29) is 0 Å². The van der Waals surface area contributed by atoms with Gasteiger partial charge in [-0.2, -0.15) is 0 Å². The van der Waals surface area contributed by atoms with E-state index in [0.717, 1.165) is 16.9 Å². The topological polar surface area (TPSA) is 24.7 Å². The molecular formula is C3H5FN2S. The van der Waals surface area contributed by atoms with Crippen molar-refractivity contribution in [2.24, 2.45) is 9.86 Å². The summed E-state index contributed by atoms with van der Waals surface area (Å²) in [6.45, 7) is 5.16. The van der Waals surface area contributed by atoms with Gasteiger partial charge in [-0.05, 0) is 11.8 Å². The third kappa shape index (κ3) is 5.62. The average Bonchev–Trinajstić information content (AvgIpc) is 1.61. The van der Waals surface area contributed by atoms with Gasteiger partial charge in [-0.25, -0.2) is 0 Å². The van der Waals surface area contributed by atoms with E-state index in [1.807, 2.05) is 5.34 Å². The van der Waals surface area contributed by atoms with Crippen molar-refractivity contribution < 1.29 is 4.48 Å². The zero-order chi connectivity index (χ0) is 5.70. The standard InChI is InChI=1S/C3H5FN2S/c1-3(2)7-6-5-4/h1H2,2H3. The fourth-order valence-corrected chi connectivity index (χ4v) is 0.255. The molecule has 0 aromatic rings. The monoisotopic (exact) mass is 120 g/mol. The summed E-state index contributed by atoms with van der Waals surface area (Å²) in [6.07, 6.45) is 0. The van der Waals surface area contributed by atoms with Gasteiger partial charge in [0.1, 0.15) is 0 Å². The highest BCUT2D eigenvalue weighted by Crippen LogP contribution is 2.12. The van der Waals surface area contributed by atoms with Crippen LogP contribution < -0.4 is 0 Å². The molecular weight excluding hydrogens is 115 g/mol. The molecule has 0 amide bonds. The molecule has 4 heteroatoms. The normalized spacial score (nSPS) is 10.0. The molecule has 40 valence electrons. The smallest absolute Gasteiger partial charge is 0.0314 e. The van der Waals surface area contributed by atoms with Gasteiger partial charge in [0.25, 0.3) is 0 Å².